The van der Waals surface area contributed by atoms with Gasteiger partial charge in [0.2, 0.25) is 5.91 Å². The molecule has 4 heteroatoms. The summed E-state index contributed by atoms with van der Waals surface area (Å²) in [4.78, 5) is 22.4. The third-order valence-corrected chi connectivity index (χ3v) is 2.50. The monoisotopic (exact) mass is 211 g/mol. The van der Waals surface area contributed by atoms with E-state index < -0.39 is 5.97 Å². The van der Waals surface area contributed by atoms with Gasteiger partial charge in [0, 0.05) is 6.92 Å². The lowest BCUT2D eigenvalue weighted by Crippen LogP contribution is -2.28. The summed E-state index contributed by atoms with van der Waals surface area (Å²) in [7, 11) is 1.33. The van der Waals surface area contributed by atoms with E-state index in [4.69, 9.17) is 0 Å². The number of esters is 1. The third kappa shape index (κ3) is 3.38. The van der Waals surface area contributed by atoms with Crippen LogP contribution in [-0.2, 0) is 14.3 Å². The number of rotatable bonds is 2. The molecule has 0 bridgehead atoms. The lowest BCUT2D eigenvalue weighted by atomic mass is 9.93. The first-order valence-corrected chi connectivity index (χ1v) is 5.23. The summed E-state index contributed by atoms with van der Waals surface area (Å²) < 4.78 is 4.65. The fraction of sp³-hybridized carbons (Fsp3) is 0.636. The number of carbonyl (C=O) groups excluding carboxylic acids is 2. The van der Waals surface area contributed by atoms with E-state index in [0.717, 1.165) is 31.3 Å². The highest BCUT2D eigenvalue weighted by molar-refractivity contribution is 5.93. The predicted octanol–water partition coefficient (Wildman–Crippen LogP) is 1.51. The van der Waals surface area contributed by atoms with Gasteiger partial charge < -0.3 is 10.1 Å². The molecule has 1 aliphatic rings. The highest BCUT2D eigenvalue weighted by Crippen LogP contribution is 2.25. The van der Waals surface area contributed by atoms with Gasteiger partial charge in [0.15, 0.2) is 0 Å². The van der Waals surface area contributed by atoms with Crippen LogP contribution in [0.15, 0.2) is 11.3 Å². The molecular weight excluding hydrogens is 194 g/mol. The number of amides is 1. The molecule has 1 rings (SSSR count). The quantitative estimate of drug-likeness (QED) is 0.556. The van der Waals surface area contributed by atoms with Crippen LogP contribution in [0.4, 0.5) is 0 Å². The van der Waals surface area contributed by atoms with Crippen molar-refractivity contribution in [2.45, 2.75) is 39.0 Å². The molecule has 1 amide bonds. The van der Waals surface area contributed by atoms with Gasteiger partial charge in [-0.15, -0.1) is 0 Å². The van der Waals surface area contributed by atoms with Gasteiger partial charge in [0.25, 0.3) is 0 Å². The smallest absolute Gasteiger partial charge is 0.354 e. The normalized spacial score (nSPS) is 15.7. The lowest BCUT2D eigenvalue weighted by Gasteiger charge is -2.17. The lowest BCUT2D eigenvalue weighted by molar-refractivity contribution is -0.137. The zero-order valence-corrected chi connectivity index (χ0v) is 9.26. The average Bonchev–Trinajstić information content (AvgIpc) is 2.26. The van der Waals surface area contributed by atoms with E-state index in [0.29, 0.717) is 5.70 Å². The SMILES string of the molecule is COC(=O)C(NC(C)=O)=C1CCCCC1. The van der Waals surface area contributed by atoms with Gasteiger partial charge in [-0.1, -0.05) is 6.42 Å². The minimum absolute atomic E-state index is 0.228. The summed E-state index contributed by atoms with van der Waals surface area (Å²) in [5.74, 6) is -0.671. The van der Waals surface area contributed by atoms with Crippen LogP contribution in [0.25, 0.3) is 0 Å². The van der Waals surface area contributed by atoms with E-state index >= 15 is 0 Å². The van der Waals surface area contributed by atoms with Crippen LogP contribution in [0.1, 0.15) is 39.0 Å². The number of allylic oxidation sites excluding steroid dienone is 1. The molecule has 4 nitrogen and oxygen atoms in total. The number of methoxy groups -OCH3 is 1. The number of hydrogen-bond donors (Lipinski definition) is 1. The van der Waals surface area contributed by atoms with E-state index in [1.165, 1.54) is 20.5 Å². The fourth-order valence-corrected chi connectivity index (χ4v) is 1.79. The Hall–Kier alpha value is -1.32. The Morgan fingerprint density at radius 2 is 1.80 bits per heavy atom. The van der Waals surface area contributed by atoms with Crippen molar-refractivity contribution in [2.75, 3.05) is 7.11 Å². The van der Waals surface area contributed by atoms with Crippen LogP contribution in [0.2, 0.25) is 0 Å². The molecule has 0 aromatic rings. The van der Waals surface area contributed by atoms with Crippen molar-refractivity contribution in [1.82, 2.24) is 5.32 Å². The molecule has 0 unspecified atom stereocenters. The number of hydrogen-bond acceptors (Lipinski definition) is 3. The summed E-state index contributed by atoms with van der Waals surface area (Å²) in [6.07, 6.45) is 5.11. The first kappa shape index (κ1) is 11.8. The van der Waals surface area contributed by atoms with Crippen LogP contribution in [0, 0.1) is 0 Å². The Bertz CT molecular complexity index is 286. The molecule has 0 aromatic heterocycles. The molecule has 0 atom stereocenters. The molecule has 0 saturated heterocycles. The van der Waals surface area contributed by atoms with E-state index in [-0.39, 0.29) is 5.91 Å². The summed E-state index contributed by atoms with van der Waals surface area (Å²) >= 11 is 0. The van der Waals surface area contributed by atoms with Crippen LogP contribution in [-0.4, -0.2) is 19.0 Å². The highest BCUT2D eigenvalue weighted by atomic mass is 16.5. The van der Waals surface area contributed by atoms with Gasteiger partial charge in [-0.3, -0.25) is 4.79 Å². The largest absolute Gasteiger partial charge is 0.464 e. The van der Waals surface area contributed by atoms with Crippen LogP contribution < -0.4 is 5.32 Å². The standard InChI is InChI=1S/C11H17NO3/c1-8(13)12-10(11(14)15-2)9-6-4-3-5-7-9/h3-7H2,1-2H3,(H,12,13). The summed E-state index contributed by atoms with van der Waals surface area (Å²) in [6, 6.07) is 0. The van der Waals surface area contributed by atoms with Gasteiger partial charge in [-0.05, 0) is 31.3 Å². The second-order valence-corrected chi connectivity index (χ2v) is 3.71. The average molecular weight is 211 g/mol. The van der Waals surface area contributed by atoms with Crippen LogP contribution >= 0.6 is 0 Å². The molecular formula is C11H17NO3. The van der Waals surface area contributed by atoms with Crippen molar-refractivity contribution in [3.8, 4) is 0 Å². The number of carbonyl (C=O) groups is 2. The van der Waals surface area contributed by atoms with Gasteiger partial charge in [0.1, 0.15) is 5.70 Å². The predicted molar refractivity (Wildman–Crippen MR) is 55.9 cm³/mol. The maximum atomic E-state index is 11.5. The first-order chi connectivity index (χ1) is 7.15. The molecule has 0 radical (unpaired) electrons. The Balaban J connectivity index is 2.85. The first-order valence-electron chi connectivity index (χ1n) is 5.23. The molecule has 1 fully saturated rings. The fourth-order valence-electron chi connectivity index (χ4n) is 1.79. The highest BCUT2D eigenvalue weighted by Gasteiger charge is 2.18. The molecule has 84 valence electrons. The topological polar surface area (TPSA) is 55.4 Å². The Morgan fingerprint density at radius 3 is 2.27 bits per heavy atom. The molecule has 15 heavy (non-hydrogen) atoms. The minimum Gasteiger partial charge on any atom is -0.464 e. The summed E-state index contributed by atoms with van der Waals surface area (Å²) in [5, 5.41) is 2.57. The Labute approximate surface area is 89.7 Å². The maximum Gasteiger partial charge on any atom is 0.354 e. The van der Waals surface area contributed by atoms with Crippen molar-refractivity contribution in [2.24, 2.45) is 0 Å². The molecule has 0 aromatic carbocycles. The van der Waals surface area contributed by atoms with E-state index in [2.05, 4.69) is 10.1 Å². The Kier molecular flexibility index (Phi) is 4.34. The van der Waals surface area contributed by atoms with Crippen molar-refractivity contribution >= 4 is 11.9 Å². The van der Waals surface area contributed by atoms with Gasteiger partial charge in [-0.2, -0.15) is 0 Å². The third-order valence-electron chi connectivity index (χ3n) is 2.50. The van der Waals surface area contributed by atoms with Crippen molar-refractivity contribution in [3.05, 3.63) is 11.3 Å². The number of ether oxygens (including phenoxy) is 1. The van der Waals surface area contributed by atoms with E-state index in [1.54, 1.807) is 0 Å². The maximum absolute atomic E-state index is 11.5. The molecule has 0 heterocycles. The van der Waals surface area contributed by atoms with Gasteiger partial charge in [-0.25, -0.2) is 4.79 Å². The molecule has 0 aliphatic heterocycles. The molecule has 0 spiro atoms. The van der Waals surface area contributed by atoms with Crippen LogP contribution in [0.5, 0.6) is 0 Å². The Morgan fingerprint density at radius 1 is 1.20 bits per heavy atom. The number of nitrogens with one attached hydrogen (secondary N) is 1. The zero-order chi connectivity index (χ0) is 11.3. The summed E-state index contributed by atoms with van der Waals surface area (Å²) in [5.41, 5.74) is 1.37. The van der Waals surface area contributed by atoms with Crippen LogP contribution in [0.3, 0.4) is 0 Å². The second kappa shape index (κ2) is 5.53. The van der Waals surface area contributed by atoms with E-state index in [9.17, 15) is 9.59 Å². The zero-order valence-electron chi connectivity index (χ0n) is 9.26. The molecule has 1 aliphatic carbocycles. The molecule has 1 saturated carbocycles. The van der Waals surface area contributed by atoms with E-state index in [1.807, 2.05) is 0 Å². The van der Waals surface area contributed by atoms with Crippen molar-refractivity contribution in [3.63, 3.8) is 0 Å². The summed E-state index contributed by atoms with van der Waals surface area (Å²) in [6.45, 7) is 1.40. The molecule has 1 N–H and O–H groups in total. The van der Waals surface area contributed by atoms with Crippen molar-refractivity contribution < 1.29 is 14.3 Å². The van der Waals surface area contributed by atoms with Gasteiger partial charge in [0.05, 0.1) is 7.11 Å². The minimum atomic E-state index is -0.442. The van der Waals surface area contributed by atoms with Gasteiger partial charge >= 0.3 is 5.97 Å². The van der Waals surface area contributed by atoms with Crippen molar-refractivity contribution in [1.29, 1.82) is 0 Å². The second-order valence-electron chi connectivity index (χ2n) is 3.71.